The van der Waals surface area contributed by atoms with Gasteiger partial charge in [-0.25, -0.2) is 9.97 Å². The van der Waals surface area contributed by atoms with Crippen molar-refractivity contribution in [3.8, 4) is 0 Å². The third kappa shape index (κ3) is 3.35. The lowest BCUT2D eigenvalue weighted by atomic mass is 10.4. The van der Waals surface area contributed by atoms with Crippen molar-refractivity contribution in [3.63, 3.8) is 0 Å². The van der Waals surface area contributed by atoms with E-state index in [1.54, 1.807) is 0 Å². The monoisotopic (exact) mass is 274 g/mol. The molecule has 0 atom stereocenters. The number of rotatable bonds is 4. The van der Waals surface area contributed by atoms with Gasteiger partial charge in [0.15, 0.2) is 0 Å². The molecular formula is C8H11BrN4O2. The van der Waals surface area contributed by atoms with E-state index in [1.165, 1.54) is 13.4 Å². The van der Waals surface area contributed by atoms with Gasteiger partial charge in [0.2, 0.25) is 0 Å². The van der Waals surface area contributed by atoms with Gasteiger partial charge in [0.25, 0.3) is 0 Å². The molecule has 0 unspecified atom stereocenters. The minimum atomic E-state index is -0.277. The second-order valence-corrected chi connectivity index (χ2v) is 3.47. The van der Waals surface area contributed by atoms with Gasteiger partial charge in [0.05, 0.1) is 13.5 Å². The maximum absolute atomic E-state index is 10.8. The van der Waals surface area contributed by atoms with E-state index in [9.17, 15) is 4.79 Å². The molecule has 0 aliphatic heterocycles. The Morgan fingerprint density at radius 3 is 3.07 bits per heavy atom. The van der Waals surface area contributed by atoms with Gasteiger partial charge in [0, 0.05) is 6.54 Å². The summed E-state index contributed by atoms with van der Waals surface area (Å²) in [5, 5.41) is 2.94. The Balaban J connectivity index is 2.51. The predicted octanol–water partition coefficient (Wildman–Crippen LogP) is 0.796. The molecule has 0 bridgehead atoms. The van der Waals surface area contributed by atoms with Crippen LogP contribution in [0, 0.1) is 0 Å². The highest BCUT2D eigenvalue weighted by molar-refractivity contribution is 9.10. The van der Waals surface area contributed by atoms with Crippen LogP contribution in [-0.2, 0) is 9.53 Å². The van der Waals surface area contributed by atoms with Crippen LogP contribution in [0.25, 0.3) is 0 Å². The Morgan fingerprint density at radius 2 is 2.40 bits per heavy atom. The number of anilines is 2. The number of aromatic nitrogens is 2. The molecule has 1 aromatic rings. The molecule has 6 nitrogen and oxygen atoms in total. The van der Waals surface area contributed by atoms with Gasteiger partial charge in [-0.2, -0.15) is 0 Å². The van der Waals surface area contributed by atoms with Gasteiger partial charge >= 0.3 is 5.97 Å². The molecule has 1 heterocycles. The first kappa shape index (κ1) is 11.7. The fourth-order valence-electron chi connectivity index (χ4n) is 0.892. The first-order valence-electron chi connectivity index (χ1n) is 4.21. The highest BCUT2D eigenvalue weighted by Gasteiger charge is 2.06. The molecule has 7 heteroatoms. The number of nitrogens with zero attached hydrogens (tertiary/aromatic N) is 2. The van der Waals surface area contributed by atoms with Gasteiger partial charge in [-0.05, 0) is 15.9 Å². The number of carbonyl (C=O) groups is 1. The quantitative estimate of drug-likeness (QED) is 0.790. The van der Waals surface area contributed by atoms with Crippen molar-refractivity contribution >= 4 is 33.5 Å². The number of carbonyl (C=O) groups excluding carboxylic acids is 1. The molecule has 0 aliphatic carbocycles. The Kier molecular flexibility index (Phi) is 4.29. The first-order chi connectivity index (χ1) is 7.15. The van der Waals surface area contributed by atoms with E-state index in [-0.39, 0.29) is 12.4 Å². The first-order valence-corrected chi connectivity index (χ1v) is 5.01. The fourth-order valence-corrected chi connectivity index (χ4v) is 1.24. The van der Waals surface area contributed by atoms with Crippen LogP contribution in [0.3, 0.4) is 0 Å². The van der Waals surface area contributed by atoms with Crippen LogP contribution in [0.2, 0.25) is 0 Å². The lowest BCUT2D eigenvalue weighted by Crippen LogP contribution is -2.11. The van der Waals surface area contributed by atoms with Crippen LogP contribution in [-0.4, -0.2) is 29.6 Å². The zero-order chi connectivity index (χ0) is 11.3. The molecule has 0 saturated heterocycles. The number of nitrogens with two attached hydrogens (primary N) is 1. The van der Waals surface area contributed by atoms with Gasteiger partial charge in [-0.3, -0.25) is 4.79 Å². The Morgan fingerprint density at radius 1 is 1.67 bits per heavy atom. The zero-order valence-corrected chi connectivity index (χ0v) is 9.74. The molecule has 0 fully saturated rings. The number of esters is 1. The number of nitrogens with one attached hydrogen (secondary N) is 1. The fraction of sp³-hybridized carbons (Fsp3) is 0.375. The predicted molar refractivity (Wildman–Crippen MR) is 59.3 cm³/mol. The largest absolute Gasteiger partial charge is 0.469 e. The summed E-state index contributed by atoms with van der Waals surface area (Å²) >= 11 is 3.24. The van der Waals surface area contributed by atoms with Gasteiger partial charge < -0.3 is 15.8 Å². The second-order valence-electron chi connectivity index (χ2n) is 2.67. The molecule has 0 radical (unpaired) electrons. The van der Waals surface area contributed by atoms with Gasteiger partial charge in [0.1, 0.15) is 22.4 Å². The summed E-state index contributed by atoms with van der Waals surface area (Å²) in [6.07, 6.45) is 1.62. The highest BCUT2D eigenvalue weighted by atomic mass is 79.9. The van der Waals surface area contributed by atoms with Crippen LogP contribution in [0.1, 0.15) is 6.42 Å². The lowest BCUT2D eigenvalue weighted by Gasteiger charge is -2.07. The van der Waals surface area contributed by atoms with Crippen LogP contribution in [0.4, 0.5) is 11.6 Å². The molecule has 1 rings (SSSR count). The van der Waals surface area contributed by atoms with Crippen molar-refractivity contribution in [2.45, 2.75) is 6.42 Å². The molecule has 1 aromatic heterocycles. The summed E-state index contributed by atoms with van der Waals surface area (Å²) in [7, 11) is 1.35. The Hall–Kier alpha value is -1.37. The van der Waals surface area contributed by atoms with Crippen molar-refractivity contribution in [3.05, 3.63) is 10.8 Å². The Labute approximate surface area is 95.4 Å². The van der Waals surface area contributed by atoms with Crippen LogP contribution in [0.5, 0.6) is 0 Å². The van der Waals surface area contributed by atoms with Gasteiger partial charge in [-0.15, -0.1) is 0 Å². The van der Waals surface area contributed by atoms with Crippen molar-refractivity contribution < 1.29 is 9.53 Å². The van der Waals surface area contributed by atoms with Crippen molar-refractivity contribution in [2.75, 3.05) is 24.7 Å². The summed E-state index contributed by atoms with van der Waals surface area (Å²) in [6.45, 7) is 0.432. The Bertz CT molecular complexity index is 358. The average molecular weight is 275 g/mol. The standard InChI is InChI=1S/C8H11BrN4O2/c1-15-5(14)2-3-11-8-6(9)7(10)12-4-13-8/h4H,2-3H2,1H3,(H3,10,11,12,13). The summed E-state index contributed by atoms with van der Waals surface area (Å²) < 4.78 is 5.09. The third-order valence-corrected chi connectivity index (χ3v) is 2.45. The van der Waals surface area contributed by atoms with Crippen LogP contribution in [0.15, 0.2) is 10.8 Å². The molecule has 3 N–H and O–H groups in total. The summed E-state index contributed by atoms with van der Waals surface area (Å²) in [5.74, 6) is 0.637. The van der Waals surface area contributed by atoms with Crippen LogP contribution >= 0.6 is 15.9 Å². The number of halogens is 1. The van der Waals surface area contributed by atoms with Crippen molar-refractivity contribution in [1.82, 2.24) is 9.97 Å². The summed E-state index contributed by atoms with van der Waals surface area (Å²) in [6, 6.07) is 0. The SMILES string of the molecule is COC(=O)CCNc1ncnc(N)c1Br. The molecule has 0 aliphatic rings. The number of nitrogen functional groups attached to an aromatic ring is 1. The zero-order valence-electron chi connectivity index (χ0n) is 8.16. The maximum atomic E-state index is 10.8. The molecule has 0 aromatic carbocycles. The maximum Gasteiger partial charge on any atom is 0.307 e. The van der Waals surface area contributed by atoms with Crippen LogP contribution < -0.4 is 11.1 Å². The van der Waals surface area contributed by atoms with Crippen molar-refractivity contribution in [2.24, 2.45) is 0 Å². The molecular weight excluding hydrogens is 264 g/mol. The van der Waals surface area contributed by atoms with Crippen molar-refractivity contribution in [1.29, 1.82) is 0 Å². The van der Waals surface area contributed by atoms with E-state index in [1.807, 2.05) is 0 Å². The smallest absolute Gasteiger partial charge is 0.307 e. The summed E-state index contributed by atoms with van der Waals surface area (Å²) in [5.41, 5.74) is 5.55. The highest BCUT2D eigenvalue weighted by Crippen LogP contribution is 2.23. The van der Waals surface area contributed by atoms with E-state index in [0.29, 0.717) is 22.7 Å². The lowest BCUT2D eigenvalue weighted by molar-refractivity contribution is -0.140. The molecule has 15 heavy (non-hydrogen) atoms. The van der Waals surface area contributed by atoms with E-state index in [2.05, 4.69) is 36.0 Å². The van der Waals surface area contributed by atoms with E-state index in [4.69, 9.17) is 5.73 Å². The van der Waals surface area contributed by atoms with E-state index >= 15 is 0 Å². The number of methoxy groups -OCH3 is 1. The minimum absolute atomic E-state index is 0.271. The number of ether oxygens (including phenoxy) is 1. The average Bonchev–Trinajstić information content (AvgIpc) is 2.24. The van der Waals surface area contributed by atoms with Gasteiger partial charge in [-0.1, -0.05) is 0 Å². The molecule has 82 valence electrons. The second kappa shape index (κ2) is 5.50. The third-order valence-electron chi connectivity index (χ3n) is 1.67. The molecule has 0 spiro atoms. The normalized spacial score (nSPS) is 9.73. The summed E-state index contributed by atoms with van der Waals surface area (Å²) in [4.78, 5) is 18.6. The van der Waals surface area contributed by atoms with E-state index in [0.717, 1.165) is 0 Å². The number of hydrogen-bond acceptors (Lipinski definition) is 6. The minimum Gasteiger partial charge on any atom is -0.469 e. The molecule has 0 amide bonds. The number of hydrogen-bond donors (Lipinski definition) is 2. The topological polar surface area (TPSA) is 90.1 Å². The molecule has 0 saturated carbocycles. The van der Waals surface area contributed by atoms with E-state index < -0.39 is 0 Å².